The molecule has 0 heterocycles. The highest BCUT2D eigenvalue weighted by molar-refractivity contribution is 7.80. The van der Waals surface area contributed by atoms with Gasteiger partial charge in [-0.05, 0) is 29.9 Å². The van der Waals surface area contributed by atoms with Crippen LogP contribution in [0.3, 0.4) is 0 Å². The molecule has 0 bridgehead atoms. The predicted molar refractivity (Wildman–Crippen MR) is 90.5 cm³/mol. The van der Waals surface area contributed by atoms with Gasteiger partial charge in [0.2, 0.25) is 0 Å². The Bertz CT molecular complexity index is 450. The van der Waals surface area contributed by atoms with Gasteiger partial charge in [0.1, 0.15) is 10.7 Å². The third-order valence-electron chi connectivity index (χ3n) is 3.73. The first-order valence-electron chi connectivity index (χ1n) is 7.08. The van der Waals surface area contributed by atoms with Crippen molar-refractivity contribution in [1.29, 1.82) is 0 Å². The molecule has 0 unspecified atom stereocenters. The average Bonchev–Trinajstić information content (AvgIpc) is 2.37. The van der Waals surface area contributed by atoms with Crippen LogP contribution in [-0.4, -0.2) is 18.6 Å². The second-order valence-electron chi connectivity index (χ2n) is 5.81. The summed E-state index contributed by atoms with van der Waals surface area (Å²) >= 11 is 5.11. The topological polar surface area (TPSA) is 47.3 Å². The lowest BCUT2D eigenvalue weighted by Gasteiger charge is -2.26. The quantitative estimate of drug-likeness (QED) is 0.753. The first-order valence-corrected chi connectivity index (χ1v) is 7.49. The summed E-state index contributed by atoms with van der Waals surface area (Å²) in [4.78, 5) is 0.404. The fraction of sp³-hybridized carbons (Fsp3) is 0.562. The van der Waals surface area contributed by atoms with Crippen LogP contribution in [0.1, 0.15) is 33.3 Å². The summed E-state index contributed by atoms with van der Waals surface area (Å²) in [5, 5.41) is 3.48. The number of nitrogens with one attached hydrogen (secondary N) is 1. The molecule has 3 nitrogen and oxygen atoms in total. The van der Waals surface area contributed by atoms with Crippen molar-refractivity contribution in [2.75, 3.05) is 19.0 Å². The molecule has 1 aromatic carbocycles. The number of thiocarbonyl (C=S) groups is 1. The molecule has 0 radical (unpaired) electrons. The fourth-order valence-corrected chi connectivity index (χ4v) is 2.66. The summed E-state index contributed by atoms with van der Waals surface area (Å²) in [6.07, 6.45) is 0. The SMILES string of the molecule is COc1ccc(C(N)=S)c(NCC(C(C)C)C(C)C)c1. The van der Waals surface area contributed by atoms with Crippen LogP contribution in [0.5, 0.6) is 5.75 Å². The van der Waals surface area contributed by atoms with Gasteiger partial charge in [-0.2, -0.15) is 0 Å². The average molecular weight is 294 g/mol. The Hall–Kier alpha value is -1.29. The van der Waals surface area contributed by atoms with Crippen molar-refractivity contribution in [3.8, 4) is 5.75 Å². The van der Waals surface area contributed by atoms with E-state index >= 15 is 0 Å². The third-order valence-corrected chi connectivity index (χ3v) is 3.95. The monoisotopic (exact) mass is 294 g/mol. The van der Waals surface area contributed by atoms with Crippen molar-refractivity contribution in [2.24, 2.45) is 23.5 Å². The van der Waals surface area contributed by atoms with E-state index in [1.165, 1.54) is 0 Å². The number of nitrogens with two attached hydrogens (primary N) is 1. The van der Waals surface area contributed by atoms with E-state index in [1.54, 1.807) is 7.11 Å². The molecule has 0 saturated heterocycles. The van der Waals surface area contributed by atoms with E-state index < -0.39 is 0 Å². The van der Waals surface area contributed by atoms with Crippen LogP contribution in [0.25, 0.3) is 0 Å². The minimum Gasteiger partial charge on any atom is -0.497 e. The fourth-order valence-electron chi connectivity index (χ4n) is 2.48. The molecule has 0 amide bonds. The van der Waals surface area contributed by atoms with Crippen LogP contribution in [-0.2, 0) is 0 Å². The molecule has 0 saturated carbocycles. The first kappa shape index (κ1) is 16.8. The number of methoxy groups -OCH3 is 1. The van der Waals surface area contributed by atoms with Gasteiger partial charge in [-0.1, -0.05) is 39.9 Å². The van der Waals surface area contributed by atoms with Crippen molar-refractivity contribution in [1.82, 2.24) is 0 Å². The van der Waals surface area contributed by atoms with Crippen LogP contribution in [0.2, 0.25) is 0 Å². The van der Waals surface area contributed by atoms with Crippen molar-refractivity contribution < 1.29 is 4.74 Å². The van der Waals surface area contributed by atoms with Gasteiger partial charge in [-0.15, -0.1) is 0 Å². The largest absolute Gasteiger partial charge is 0.497 e. The summed E-state index contributed by atoms with van der Waals surface area (Å²) in [6, 6.07) is 5.73. The Morgan fingerprint density at radius 2 is 1.85 bits per heavy atom. The number of ether oxygens (including phenoxy) is 1. The highest BCUT2D eigenvalue weighted by atomic mass is 32.1. The normalized spacial score (nSPS) is 11.2. The number of hydrogen-bond acceptors (Lipinski definition) is 3. The molecule has 4 heteroatoms. The lowest BCUT2D eigenvalue weighted by Crippen LogP contribution is -2.25. The van der Waals surface area contributed by atoms with E-state index in [4.69, 9.17) is 22.7 Å². The highest BCUT2D eigenvalue weighted by Gasteiger charge is 2.18. The van der Waals surface area contributed by atoms with Crippen LogP contribution in [0.15, 0.2) is 18.2 Å². The van der Waals surface area contributed by atoms with Crippen LogP contribution >= 0.6 is 12.2 Å². The highest BCUT2D eigenvalue weighted by Crippen LogP contribution is 2.25. The molecule has 0 aliphatic rings. The Kier molecular flexibility index (Phi) is 6.27. The Balaban J connectivity index is 2.92. The molecule has 0 spiro atoms. The summed E-state index contributed by atoms with van der Waals surface area (Å²) in [6.45, 7) is 9.93. The molecule has 0 fully saturated rings. The molecule has 0 aliphatic heterocycles. The standard InChI is InChI=1S/C16H26N2OS/c1-10(2)14(11(3)4)9-18-15-8-12(19-5)6-7-13(15)16(17)20/h6-8,10-11,14,18H,9H2,1-5H3,(H2,17,20). The zero-order valence-electron chi connectivity index (χ0n) is 13.1. The molecule has 0 atom stereocenters. The second kappa shape index (κ2) is 7.48. The summed E-state index contributed by atoms with van der Waals surface area (Å²) < 4.78 is 5.27. The first-order chi connectivity index (χ1) is 9.36. The maximum absolute atomic E-state index is 5.78. The zero-order chi connectivity index (χ0) is 15.3. The molecule has 0 aliphatic carbocycles. The number of benzene rings is 1. The van der Waals surface area contributed by atoms with Gasteiger partial charge in [0.05, 0.1) is 7.11 Å². The Morgan fingerprint density at radius 3 is 2.30 bits per heavy atom. The lowest BCUT2D eigenvalue weighted by atomic mass is 9.85. The molecule has 3 N–H and O–H groups in total. The third kappa shape index (κ3) is 4.37. The molecular formula is C16H26N2OS. The lowest BCUT2D eigenvalue weighted by molar-refractivity contribution is 0.304. The van der Waals surface area contributed by atoms with Gasteiger partial charge < -0.3 is 15.8 Å². The van der Waals surface area contributed by atoms with Crippen molar-refractivity contribution in [3.05, 3.63) is 23.8 Å². The van der Waals surface area contributed by atoms with Crippen molar-refractivity contribution in [2.45, 2.75) is 27.7 Å². The minimum absolute atomic E-state index is 0.404. The van der Waals surface area contributed by atoms with E-state index in [1.807, 2.05) is 18.2 Å². The molecule has 0 aromatic heterocycles. The van der Waals surface area contributed by atoms with Gasteiger partial charge in [0.25, 0.3) is 0 Å². The number of hydrogen-bond donors (Lipinski definition) is 2. The predicted octanol–water partition coefficient (Wildman–Crippen LogP) is 3.67. The summed E-state index contributed by atoms with van der Waals surface area (Å²) in [7, 11) is 1.66. The Morgan fingerprint density at radius 1 is 1.25 bits per heavy atom. The van der Waals surface area contributed by atoms with E-state index in [0.29, 0.717) is 22.7 Å². The van der Waals surface area contributed by atoms with Gasteiger partial charge in [0, 0.05) is 23.9 Å². The molecule has 1 aromatic rings. The minimum atomic E-state index is 0.404. The summed E-state index contributed by atoms with van der Waals surface area (Å²) in [5.41, 5.74) is 7.60. The van der Waals surface area contributed by atoms with Gasteiger partial charge in [-0.3, -0.25) is 0 Å². The second-order valence-corrected chi connectivity index (χ2v) is 6.25. The van der Waals surface area contributed by atoms with Gasteiger partial charge in [-0.25, -0.2) is 0 Å². The molecule has 20 heavy (non-hydrogen) atoms. The smallest absolute Gasteiger partial charge is 0.120 e. The zero-order valence-corrected chi connectivity index (χ0v) is 13.9. The molecule has 1 rings (SSSR count). The van der Waals surface area contributed by atoms with Crippen molar-refractivity contribution in [3.63, 3.8) is 0 Å². The number of anilines is 1. The maximum atomic E-state index is 5.78. The number of rotatable bonds is 7. The van der Waals surface area contributed by atoms with Crippen LogP contribution in [0, 0.1) is 17.8 Å². The van der Waals surface area contributed by atoms with E-state index in [0.717, 1.165) is 23.5 Å². The van der Waals surface area contributed by atoms with E-state index in [9.17, 15) is 0 Å². The Labute approximate surface area is 127 Å². The van der Waals surface area contributed by atoms with Gasteiger partial charge >= 0.3 is 0 Å². The maximum Gasteiger partial charge on any atom is 0.120 e. The molecular weight excluding hydrogens is 268 g/mol. The van der Waals surface area contributed by atoms with Crippen LogP contribution in [0.4, 0.5) is 5.69 Å². The van der Waals surface area contributed by atoms with Crippen LogP contribution < -0.4 is 15.8 Å². The van der Waals surface area contributed by atoms with E-state index in [2.05, 4.69) is 33.0 Å². The van der Waals surface area contributed by atoms with Gasteiger partial charge in [0.15, 0.2) is 0 Å². The summed E-state index contributed by atoms with van der Waals surface area (Å²) in [5.74, 6) is 2.65. The van der Waals surface area contributed by atoms with Crippen molar-refractivity contribution >= 4 is 22.9 Å². The van der Waals surface area contributed by atoms with E-state index in [-0.39, 0.29) is 0 Å². The molecule has 112 valence electrons.